The zero-order valence-electron chi connectivity index (χ0n) is 15.1. The van der Waals surface area contributed by atoms with Crippen molar-refractivity contribution in [3.8, 4) is 0 Å². The second-order valence-electron chi connectivity index (χ2n) is 7.22. The van der Waals surface area contributed by atoms with Gasteiger partial charge in [-0.2, -0.15) is 0 Å². The van der Waals surface area contributed by atoms with E-state index in [-0.39, 0.29) is 25.2 Å². The minimum Gasteiger partial charge on any atom is -0.394 e. The van der Waals surface area contributed by atoms with Crippen molar-refractivity contribution in [2.75, 3.05) is 13.2 Å². The summed E-state index contributed by atoms with van der Waals surface area (Å²) < 4.78 is 35.8. The van der Waals surface area contributed by atoms with Crippen LogP contribution in [0.2, 0.25) is 0 Å². The third-order valence-corrected chi connectivity index (χ3v) is 5.04. The van der Waals surface area contributed by atoms with Crippen LogP contribution in [0.5, 0.6) is 0 Å². The first-order valence-electron chi connectivity index (χ1n) is 8.85. The average molecular weight is 365 g/mol. The van der Waals surface area contributed by atoms with Gasteiger partial charge in [0.25, 0.3) is 0 Å². The molecule has 5 nitrogen and oxygen atoms in total. The quantitative estimate of drug-likeness (QED) is 0.854. The van der Waals surface area contributed by atoms with Gasteiger partial charge in [0.2, 0.25) is 0 Å². The van der Waals surface area contributed by atoms with Crippen LogP contribution in [0.3, 0.4) is 0 Å². The predicted molar refractivity (Wildman–Crippen MR) is 93.6 cm³/mol. The number of benzene rings is 1. The van der Waals surface area contributed by atoms with Crippen LogP contribution >= 0.6 is 0 Å². The van der Waals surface area contributed by atoms with Gasteiger partial charge in [-0.3, -0.25) is 0 Å². The number of nitrogens with two attached hydrogens (primary N) is 1. The van der Waals surface area contributed by atoms with E-state index < -0.39 is 17.2 Å². The molecule has 0 spiro atoms. The summed E-state index contributed by atoms with van der Waals surface area (Å²) in [6, 6.07) is 4.01. The molecule has 1 aliphatic rings. The molecule has 2 atom stereocenters. The summed E-state index contributed by atoms with van der Waals surface area (Å²) in [5, 5.41) is 9.06. The molecule has 3 rings (SSSR count). The smallest absolute Gasteiger partial charge is 0.162 e. The second-order valence-corrected chi connectivity index (χ2v) is 7.22. The van der Waals surface area contributed by atoms with Gasteiger partial charge in [0.05, 0.1) is 31.1 Å². The van der Waals surface area contributed by atoms with Crippen molar-refractivity contribution in [2.24, 2.45) is 5.73 Å². The molecule has 2 aromatic rings. The number of aliphatic hydroxyl groups is 1. The lowest BCUT2D eigenvalue weighted by Gasteiger charge is -2.28. The Labute approximate surface area is 151 Å². The minimum absolute atomic E-state index is 0.0823. The number of rotatable bonds is 5. The Kier molecular flexibility index (Phi) is 5.41. The van der Waals surface area contributed by atoms with Crippen LogP contribution in [-0.2, 0) is 16.9 Å². The maximum atomic E-state index is 14.3. The van der Waals surface area contributed by atoms with Crippen LogP contribution < -0.4 is 5.73 Å². The lowest BCUT2D eigenvalue weighted by molar-refractivity contribution is -0.0421. The number of aromatic nitrogens is 2. The first-order valence-corrected chi connectivity index (χ1v) is 8.85. The molecule has 1 aromatic carbocycles. The maximum absolute atomic E-state index is 14.3. The number of fused-ring (bicyclic) bond motifs is 1. The molecule has 0 radical (unpaired) electrons. The Hall–Kier alpha value is -1.83. The molecule has 142 valence electrons. The number of hydrogen-bond donors (Lipinski definition) is 2. The van der Waals surface area contributed by atoms with E-state index in [2.05, 4.69) is 4.98 Å². The summed E-state index contributed by atoms with van der Waals surface area (Å²) in [5.74, 6) is -1.12. The highest BCUT2D eigenvalue weighted by Gasteiger charge is 2.33. The Bertz CT molecular complexity index is 776. The summed E-state index contributed by atoms with van der Waals surface area (Å²) in [6.07, 6.45) is 2.99. The van der Waals surface area contributed by atoms with Crippen molar-refractivity contribution in [1.82, 2.24) is 9.55 Å². The molecule has 2 unspecified atom stereocenters. The molecule has 26 heavy (non-hydrogen) atoms. The largest absolute Gasteiger partial charge is 0.394 e. The van der Waals surface area contributed by atoms with E-state index in [0.29, 0.717) is 24.9 Å². The molecule has 1 aliphatic heterocycles. The van der Waals surface area contributed by atoms with E-state index in [1.807, 2.05) is 18.4 Å². The highest BCUT2D eigenvalue weighted by molar-refractivity contribution is 5.25. The molecule has 7 heteroatoms. The monoisotopic (exact) mass is 365 g/mol. The summed E-state index contributed by atoms with van der Waals surface area (Å²) in [7, 11) is 0. The highest BCUT2D eigenvalue weighted by atomic mass is 19.2. The van der Waals surface area contributed by atoms with Crippen LogP contribution in [0.25, 0.3) is 0 Å². The van der Waals surface area contributed by atoms with E-state index in [1.54, 1.807) is 12.3 Å². The van der Waals surface area contributed by atoms with Gasteiger partial charge in [0, 0.05) is 12.5 Å². The SMILES string of the molecule is CC(C)(OCCO)c1cnc2n1CC(c1cccc(F)c1F)CCC2N. The summed E-state index contributed by atoms with van der Waals surface area (Å²) >= 11 is 0. The predicted octanol–water partition coefficient (Wildman–Crippen LogP) is 2.98. The van der Waals surface area contributed by atoms with E-state index in [9.17, 15) is 8.78 Å². The molecular formula is C19H25F2N3O2. The second kappa shape index (κ2) is 7.42. The lowest BCUT2D eigenvalue weighted by Crippen LogP contribution is -2.28. The molecule has 0 amide bonds. The normalized spacial score (nSPS) is 20.7. The number of ether oxygens (including phenoxy) is 1. The lowest BCUT2D eigenvalue weighted by atomic mass is 9.92. The van der Waals surface area contributed by atoms with Crippen molar-refractivity contribution < 1.29 is 18.6 Å². The fourth-order valence-corrected chi connectivity index (χ4v) is 3.64. The van der Waals surface area contributed by atoms with E-state index in [1.165, 1.54) is 6.07 Å². The average Bonchev–Trinajstić information content (AvgIpc) is 2.97. The Balaban J connectivity index is 1.99. The molecular weight excluding hydrogens is 340 g/mol. The van der Waals surface area contributed by atoms with Crippen LogP contribution in [0.15, 0.2) is 24.4 Å². The molecule has 0 aliphatic carbocycles. The number of imidazole rings is 1. The molecule has 0 saturated heterocycles. The first kappa shape index (κ1) is 18.9. The highest BCUT2D eigenvalue weighted by Crippen LogP contribution is 2.36. The van der Waals surface area contributed by atoms with Gasteiger partial charge in [-0.25, -0.2) is 13.8 Å². The van der Waals surface area contributed by atoms with Crippen LogP contribution in [0.1, 0.15) is 55.7 Å². The zero-order valence-corrected chi connectivity index (χ0v) is 15.1. The Morgan fingerprint density at radius 1 is 1.35 bits per heavy atom. The number of halogens is 2. The summed E-state index contributed by atoms with van der Waals surface area (Å²) in [5.41, 5.74) is 6.75. The van der Waals surface area contributed by atoms with Gasteiger partial charge in [-0.15, -0.1) is 0 Å². The van der Waals surface area contributed by atoms with E-state index in [0.717, 1.165) is 17.6 Å². The van der Waals surface area contributed by atoms with Gasteiger partial charge in [-0.1, -0.05) is 12.1 Å². The zero-order chi connectivity index (χ0) is 18.9. The van der Waals surface area contributed by atoms with Gasteiger partial charge >= 0.3 is 0 Å². The summed E-state index contributed by atoms with van der Waals surface area (Å²) in [4.78, 5) is 4.47. The van der Waals surface area contributed by atoms with Crippen molar-refractivity contribution in [1.29, 1.82) is 0 Å². The molecule has 2 heterocycles. The molecule has 3 N–H and O–H groups in total. The molecule has 1 aromatic heterocycles. The number of hydrogen-bond acceptors (Lipinski definition) is 4. The fraction of sp³-hybridized carbons (Fsp3) is 0.526. The Morgan fingerprint density at radius 3 is 2.85 bits per heavy atom. The summed E-state index contributed by atoms with van der Waals surface area (Å²) in [6.45, 7) is 4.34. The third kappa shape index (κ3) is 3.51. The maximum Gasteiger partial charge on any atom is 0.162 e. The molecule has 0 bridgehead atoms. The number of aliphatic hydroxyl groups excluding tert-OH is 1. The number of nitrogens with zero attached hydrogens (tertiary/aromatic N) is 2. The van der Waals surface area contributed by atoms with Crippen LogP contribution in [-0.4, -0.2) is 27.9 Å². The van der Waals surface area contributed by atoms with Gasteiger partial charge in [-0.05, 0) is 38.3 Å². The first-order chi connectivity index (χ1) is 12.3. The van der Waals surface area contributed by atoms with Crippen molar-refractivity contribution in [3.05, 3.63) is 53.1 Å². The molecule has 0 saturated carbocycles. The fourth-order valence-electron chi connectivity index (χ4n) is 3.64. The van der Waals surface area contributed by atoms with Crippen LogP contribution in [0.4, 0.5) is 8.78 Å². The van der Waals surface area contributed by atoms with Gasteiger partial charge < -0.3 is 20.1 Å². The van der Waals surface area contributed by atoms with Gasteiger partial charge in [0.1, 0.15) is 11.4 Å². The van der Waals surface area contributed by atoms with Crippen molar-refractivity contribution >= 4 is 0 Å². The Morgan fingerprint density at radius 2 is 2.12 bits per heavy atom. The topological polar surface area (TPSA) is 73.3 Å². The van der Waals surface area contributed by atoms with E-state index >= 15 is 0 Å². The van der Waals surface area contributed by atoms with Crippen LogP contribution in [0, 0.1) is 11.6 Å². The van der Waals surface area contributed by atoms with E-state index in [4.69, 9.17) is 15.6 Å². The minimum atomic E-state index is -0.839. The molecule has 0 fully saturated rings. The standard InChI is InChI=1S/C19H25F2N3O2/c1-19(2,26-9-8-25)16-10-23-18-15(22)7-6-12(11-24(16)18)13-4-3-5-14(20)17(13)21/h3-5,10,12,15,25H,6-9,11,22H2,1-2H3. The van der Waals surface area contributed by atoms with Crippen molar-refractivity contribution in [3.63, 3.8) is 0 Å². The van der Waals surface area contributed by atoms with Crippen molar-refractivity contribution in [2.45, 2.75) is 50.8 Å². The van der Waals surface area contributed by atoms with Gasteiger partial charge in [0.15, 0.2) is 11.6 Å². The third-order valence-electron chi connectivity index (χ3n) is 5.04.